The minimum absolute atomic E-state index is 0.00842. The van der Waals surface area contributed by atoms with Crippen molar-refractivity contribution in [3.8, 4) is 5.75 Å². The number of cyclic esters (lactones) is 1. The summed E-state index contributed by atoms with van der Waals surface area (Å²) in [6.07, 6.45) is -3.47. The third kappa shape index (κ3) is 3.65. The van der Waals surface area contributed by atoms with Crippen LogP contribution in [0.5, 0.6) is 5.75 Å². The smallest absolute Gasteiger partial charge is 0.416 e. The van der Waals surface area contributed by atoms with E-state index in [9.17, 15) is 18.0 Å². The molecule has 0 aromatic heterocycles. The number of hydrogen-bond acceptors (Lipinski definition) is 4. The van der Waals surface area contributed by atoms with Crippen molar-refractivity contribution >= 4 is 33.9 Å². The van der Waals surface area contributed by atoms with Crippen LogP contribution < -0.4 is 4.74 Å². The van der Waals surface area contributed by atoms with Crippen LogP contribution in [0.1, 0.15) is 16.7 Å². The second kappa shape index (κ2) is 6.95. The first-order valence-electron chi connectivity index (χ1n) is 7.32. The first kappa shape index (κ1) is 18.2. The van der Waals surface area contributed by atoms with Gasteiger partial charge in [-0.3, -0.25) is 0 Å². The third-order valence-electron chi connectivity index (χ3n) is 3.58. The van der Waals surface area contributed by atoms with Gasteiger partial charge in [-0.2, -0.15) is 13.2 Å². The minimum Gasteiger partial charge on any atom is -0.496 e. The Bertz CT molecular complexity index is 936. The van der Waals surface area contributed by atoms with E-state index in [1.54, 1.807) is 18.2 Å². The molecular formula is C18H11BrF3NO3. The number of carbonyl (C=O) groups is 1. The predicted molar refractivity (Wildman–Crippen MR) is 92.7 cm³/mol. The Morgan fingerprint density at radius 3 is 2.58 bits per heavy atom. The number of rotatable bonds is 3. The van der Waals surface area contributed by atoms with Crippen molar-refractivity contribution in [1.82, 2.24) is 0 Å². The zero-order valence-corrected chi connectivity index (χ0v) is 14.9. The molecule has 0 unspecified atom stereocenters. The van der Waals surface area contributed by atoms with E-state index < -0.39 is 17.7 Å². The van der Waals surface area contributed by atoms with Gasteiger partial charge in [0, 0.05) is 5.56 Å². The van der Waals surface area contributed by atoms with Crippen LogP contribution in [0.4, 0.5) is 13.2 Å². The summed E-state index contributed by atoms with van der Waals surface area (Å²) in [6.45, 7) is 0. The van der Waals surface area contributed by atoms with Crippen molar-refractivity contribution in [1.29, 1.82) is 0 Å². The average molecular weight is 426 g/mol. The van der Waals surface area contributed by atoms with Crippen molar-refractivity contribution in [3.63, 3.8) is 0 Å². The Morgan fingerprint density at radius 1 is 1.19 bits per heavy atom. The van der Waals surface area contributed by atoms with Gasteiger partial charge < -0.3 is 9.47 Å². The highest BCUT2D eigenvalue weighted by Crippen LogP contribution is 2.33. The Labute approximate surface area is 155 Å². The number of methoxy groups -OCH3 is 1. The molecule has 3 rings (SSSR count). The number of nitrogens with zero attached hydrogens (tertiary/aromatic N) is 1. The molecule has 4 nitrogen and oxygen atoms in total. The molecule has 0 spiro atoms. The molecule has 8 heteroatoms. The van der Waals surface area contributed by atoms with E-state index in [0.29, 0.717) is 15.8 Å². The van der Waals surface area contributed by atoms with Crippen LogP contribution in [-0.4, -0.2) is 19.0 Å². The molecule has 0 bridgehead atoms. The van der Waals surface area contributed by atoms with Crippen LogP contribution in [-0.2, 0) is 15.7 Å². The fraction of sp³-hybridized carbons (Fsp3) is 0.111. The molecule has 2 aromatic rings. The van der Waals surface area contributed by atoms with Crippen molar-refractivity contribution in [2.24, 2.45) is 4.99 Å². The molecule has 0 saturated carbocycles. The van der Waals surface area contributed by atoms with Gasteiger partial charge in [0.05, 0.1) is 17.1 Å². The summed E-state index contributed by atoms with van der Waals surface area (Å²) in [5.41, 5.74) is -0.730. The number of carbonyl (C=O) groups excluding carboxylic acids is 1. The molecule has 0 radical (unpaired) electrons. The van der Waals surface area contributed by atoms with Gasteiger partial charge >= 0.3 is 12.1 Å². The number of alkyl halides is 3. The van der Waals surface area contributed by atoms with Crippen molar-refractivity contribution in [2.75, 3.05) is 7.11 Å². The lowest BCUT2D eigenvalue weighted by Crippen LogP contribution is -2.08. The molecular weight excluding hydrogens is 415 g/mol. The van der Waals surface area contributed by atoms with Crippen molar-refractivity contribution in [3.05, 3.63) is 69.3 Å². The van der Waals surface area contributed by atoms with Crippen LogP contribution in [0.3, 0.4) is 0 Å². The Hall–Kier alpha value is -2.61. The molecule has 0 saturated heterocycles. The molecule has 2 aromatic carbocycles. The summed E-state index contributed by atoms with van der Waals surface area (Å²) in [5, 5.41) is 0. The van der Waals surface area contributed by atoms with E-state index >= 15 is 0 Å². The average Bonchev–Trinajstić information content (AvgIpc) is 2.95. The fourth-order valence-electron chi connectivity index (χ4n) is 2.36. The largest absolute Gasteiger partial charge is 0.496 e. The Morgan fingerprint density at radius 2 is 1.92 bits per heavy atom. The Kier molecular flexibility index (Phi) is 4.86. The zero-order chi connectivity index (χ0) is 18.9. The number of esters is 1. The van der Waals surface area contributed by atoms with E-state index in [1.165, 1.54) is 25.3 Å². The standard InChI is InChI=1S/C18H11BrF3NO3/c1-25-15-7-6-11(8-13(15)19)16-23-14(17(24)26-16)9-10-4-2-3-5-12(10)18(20,21)22/h2-9H,1H3/b14-9+. The predicted octanol–water partition coefficient (Wildman–Crippen LogP) is 4.82. The van der Waals surface area contributed by atoms with E-state index in [0.717, 1.165) is 12.1 Å². The van der Waals surface area contributed by atoms with Gasteiger partial charge in [-0.1, -0.05) is 18.2 Å². The van der Waals surface area contributed by atoms with E-state index in [4.69, 9.17) is 9.47 Å². The van der Waals surface area contributed by atoms with Crippen LogP contribution in [0, 0.1) is 0 Å². The van der Waals surface area contributed by atoms with Gasteiger partial charge in [0.15, 0.2) is 5.70 Å². The van der Waals surface area contributed by atoms with Gasteiger partial charge in [-0.05, 0) is 51.8 Å². The molecule has 1 aliphatic rings. The summed E-state index contributed by atoms with van der Waals surface area (Å²) < 4.78 is 50.1. The molecule has 0 aliphatic carbocycles. The molecule has 0 atom stereocenters. The topological polar surface area (TPSA) is 47.9 Å². The molecule has 1 heterocycles. The number of benzene rings is 2. The van der Waals surface area contributed by atoms with Gasteiger partial charge in [-0.25, -0.2) is 9.79 Å². The van der Waals surface area contributed by atoms with Crippen LogP contribution in [0.25, 0.3) is 6.08 Å². The van der Waals surface area contributed by atoms with Crippen LogP contribution >= 0.6 is 15.9 Å². The zero-order valence-electron chi connectivity index (χ0n) is 13.3. The van der Waals surface area contributed by atoms with Gasteiger partial charge in [0.1, 0.15) is 5.75 Å². The summed E-state index contributed by atoms with van der Waals surface area (Å²) in [6, 6.07) is 9.85. The quantitative estimate of drug-likeness (QED) is 0.523. The first-order valence-corrected chi connectivity index (χ1v) is 8.11. The number of hydrogen-bond donors (Lipinski definition) is 0. The molecule has 1 aliphatic heterocycles. The first-order chi connectivity index (χ1) is 12.3. The lowest BCUT2D eigenvalue weighted by molar-refractivity contribution is -0.137. The maximum absolute atomic E-state index is 13.1. The lowest BCUT2D eigenvalue weighted by atomic mass is 10.1. The summed E-state index contributed by atoms with van der Waals surface area (Å²) >= 11 is 3.31. The van der Waals surface area contributed by atoms with Gasteiger partial charge in [0.2, 0.25) is 5.90 Å². The Balaban J connectivity index is 1.99. The molecule has 134 valence electrons. The summed E-state index contributed by atoms with van der Waals surface area (Å²) in [7, 11) is 1.51. The van der Waals surface area contributed by atoms with Gasteiger partial charge in [-0.15, -0.1) is 0 Å². The minimum atomic E-state index is -4.54. The monoisotopic (exact) mass is 425 g/mol. The highest BCUT2D eigenvalue weighted by Gasteiger charge is 2.33. The van der Waals surface area contributed by atoms with Gasteiger partial charge in [0.25, 0.3) is 0 Å². The van der Waals surface area contributed by atoms with E-state index in [1.807, 2.05) is 0 Å². The summed E-state index contributed by atoms with van der Waals surface area (Å²) in [4.78, 5) is 16.0. The second-order valence-electron chi connectivity index (χ2n) is 5.27. The molecule has 0 amide bonds. The SMILES string of the molecule is COc1ccc(C2=N/C(=C/c3ccccc3C(F)(F)F)C(=O)O2)cc1Br. The number of ether oxygens (including phenoxy) is 2. The molecule has 26 heavy (non-hydrogen) atoms. The summed E-state index contributed by atoms with van der Waals surface area (Å²) in [5.74, 6) is -0.230. The van der Waals surface area contributed by atoms with E-state index in [2.05, 4.69) is 20.9 Å². The fourth-order valence-corrected chi connectivity index (χ4v) is 2.90. The maximum atomic E-state index is 13.1. The molecule has 0 fully saturated rings. The third-order valence-corrected chi connectivity index (χ3v) is 4.20. The highest BCUT2D eigenvalue weighted by molar-refractivity contribution is 9.10. The van der Waals surface area contributed by atoms with Crippen molar-refractivity contribution in [2.45, 2.75) is 6.18 Å². The number of halogens is 4. The maximum Gasteiger partial charge on any atom is 0.416 e. The normalized spacial score (nSPS) is 15.8. The second-order valence-corrected chi connectivity index (χ2v) is 6.12. The van der Waals surface area contributed by atoms with Crippen LogP contribution in [0.2, 0.25) is 0 Å². The highest BCUT2D eigenvalue weighted by atomic mass is 79.9. The molecule has 0 N–H and O–H groups in total. The number of aliphatic imine (C=N–C) groups is 1. The van der Waals surface area contributed by atoms with E-state index in [-0.39, 0.29) is 17.2 Å². The van der Waals surface area contributed by atoms with Crippen molar-refractivity contribution < 1.29 is 27.4 Å². The lowest BCUT2D eigenvalue weighted by Gasteiger charge is -2.09. The van der Waals surface area contributed by atoms with Crippen LogP contribution in [0.15, 0.2) is 57.6 Å².